The zero-order chi connectivity index (χ0) is 24.2. The van der Waals surface area contributed by atoms with Crippen molar-refractivity contribution in [3.8, 4) is 12.3 Å². The monoisotopic (exact) mass is 519 g/mol. The summed E-state index contributed by atoms with van der Waals surface area (Å²) in [5, 5.41) is 0.692. The van der Waals surface area contributed by atoms with Crippen molar-refractivity contribution in [1.29, 1.82) is 0 Å². The lowest BCUT2D eigenvalue weighted by molar-refractivity contribution is 0.0998. The number of rotatable bonds is 8. The number of fused-ring (bicyclic) bond motifs is 1. The van der Waals surface area contributed by atoms with Gasteiger partial charge in [0.25, 0.3) is 5.91 Å². The van der Waals surface area contributed by atoms with Crippen LogP contribution in [0.4, 0.5) is 0 Å². The van der Waals surface area contributed by atoms with Crippen molar-refractivity contribution in [1.82, 2.24) is 8.87 Å². The Morgan fingerprint density at radius 1 is 1.15 bits per heavy atom. The number of amides is 1. The van der Waals surface area contributed by atoms with E-state index in [1.165, 1.54) is 52.1 Å². The van der Waals surface area contributed by atoms with Gasteiger partial charge in [-0.05, 0) is 36.4 Å². The molecule has 3 aromatic rings. The number of carbonyl (C=O) groups is 1. The molecule has 0 atom stereocenters. The molecular weight excluding hydrogens is 501 g/mol. The van der Waals surface area contributed by atoms with E-state index in [0.29, 0.717) is 20.4 Å². The molecule has 0 saturated heterocycles. The fourth-order valence-electron chi connectivity index (χ4n) is 3.06. The molecule has 1 amide bonds. The van der Waals surface area contributed by atoms with Crippen LogP contribution < -0.4 is 4.80 Å². The molecule has 6 nitrogen and oxygen atoms in total. The van der Waals surface area contributed by atoms with Crippen LogP contribution in [0.3, 0.4) is 0 Å². The van der Waals surface area contributed by atoms with Gasteiger partial charge in [0.05, 0.1) is 31.7 Å². The van der Waals surface area contributed by atoms with E-state index in [4.69, 9.17) is 29.6 Å². The molecule has 0 aliphatic rings. The van der Waals surface area contributed by atoms with E-state index in [0.717, 1.165) is 4.70 Å². The van der Waals surface area contributed by atoms with Crippen LogP contribution in [-0.4, -0.2) is 36.3 Å². The van der Waals surface area contributed by atoms with Crippen LogP contribution in [0.2, 0.25) is 10.0 Å². The summed E-state index contributed by atoms with van der Waals surface area (Å²) in [4.78, 5) is 17.4. The molecule has 10 heteroatoms. The summed E-state index contributed by atoms with van der Waals surface area (Å²) in [6, 6.07) is 9.02. The van der Waals surface area contributed by atoms with Gasteiger partial charge in [-0.2, -0.15) is 9.30 Å². The highest BCUT2D eigenvalue weighted by atomic mass is 35.5. The first-order chi connectivity index (χ1) is 15.7. The van der Waals surface area contributed by atoms with Gasteiger partial charge < -0.3 is 4.57 Å². The van der Waals surface area contributed by atoms with Gasteiger partial charge in [-0.1, -0.05) is 52.6 Å². The number of hydrogen-bond acceptors (Lipinski definition) is 4. The summed E-state index contributed by atoms with van der Waals surface area (Å²) in [7, 11) is -3.77. The number of halogens is 2. The molecule has 1 heterocycles. The summed E-state index contributed by atoms with van der Waals surface area (Å²) in [6.45, 7) is 7.59. The average molecular weight is 520 g/mol. The molecule has 0 fully saturated rings. The molecule has 3 rings (SSSR count). The topological polar surface area (TPSA) is 71.7 Å². The van der Waals surface area contributed by atoms with Crippen molar-refractivity contribution < 1.29 is 13.2 Å². The number of benzene rings is 2. The number of thiazole rings is 1. The predicted octanol–water partition coefficient (Wildman–Crippen LogP) is 4.75. The maximum atomic E-state index is 12.8. The minimum atomic E-state index is -3.77. The SMILES string of the molecule is C#CCn1c(=NC(=O)c2ccc(S(=O)(=O)N(CC=C)CC=C)cc2)sc2ccc(Cl)c(Cl)c21. The Labute approximate surface area is 206 Å². The number of aromatic nitrogens is 1. The van der Waals surface area contributed by atoms with Crippen molar-refractivity contribution >= 4 is 60.7 Å². The third kappa shape index (κ3) is 5.13. The molecule has 1 aromatic heterocycles. The standard InChI is InChI=1S/C23H19Cl2N3O3S2/c1-4-13-27(14-5-2)33(30,31)17-9-7-16(8-10-17)22(29)26-23-28(15-6-3)21-19(32-23)12-11-18(24)20(21)25/h3-5,7-12H,1-2,13-15H2. The molecule has 2 aromatic carbocycles. The van der Waals surface area contributed by atoms with E-state index < -0.39 is 15.9 Å². The molecule has 0 unspecified atom stereocenters. The number of sulfonamides is 1. The van der Waals surface area contributed by atoms with Gasteiger partial charge in [0.2, 0.25) is 10.0 Å². The molecule has 0 bridgehead atoms. The van der Waals surface area contributed by atoms with Gasteiger partial charge in [0.15, 0.2) is 4.80 Å². The molecule has 0 saturated carbocycles. The third-order valence-corrected chi connectivity index (χ3v) is 8.27. The fraction of sp³-hybridized carbons (Fsp3) is 0.130. The second kappa shape index (κ2) is 10.5. The third-order valence-electron chi connectivity index (χ3n) is 4.59. The van der Waals surface area contributed by atoms with Crippen LogP contribution in [0.5, 0.6) is 0 Å². The largest absolute Gasteiger partial charge is 0.303 e. The molecule has 0 spiro atoms. The van der Waals surface area contributed by atoms with E-state index in [9.17, 15) is 13.2 Å². The smallest absolute Gasteiger partial charge is 0.279 e. The summed E-state index contributed by atoms with van der Waals surface area (Å²) < 4.78 is 29.3. The zero-order valence-corrected chi connectivity index (χ0v) is 20.5. The number of carbonyl (C=O) groups excluding carboxylic acids is 1. The van der Waals surface area contributed by atoms with Crippen LogP contribution in [0.15, 0.2) is 71.6 Å². The number of terminal acetylenes is 1. The average Bonchev–Trinajstić information content (AvgIpc) is 3.14. The van der Waals surface area contributed by atoms with E-state index in [1.807, 2.05) is 0 Å². The normalized spacial score (nSPS) is 12.1. The Hall–Kier alpha value is -2.67. The highest BCUT2D eigenvalue weighted by Crippen LogP contribution is 2.32. The van der Waals surface area contributed by atoms with Crippen LogP contribution >= 0.6 is 34.5 Å². The van der Waals surface area contributed by atoms with Crippen molar-refractivity contribution in [3.05, 3.63) is 82.1 Å². The first-order valence-corrected chi connectivity index (χ1v) is 12.6. The minimum Gasteiger partial charge on any atom is -0.303 e. The van der Waals surface area contributed by atoms with E-state index >= 15 is 0 Å². The minimum absolute atomic E-state index is 0.0495. The lowest BCUT2D eigenvalue weighted by Crippen LogP contribution is -2.31. The first kappa shape index (κ1) is 25.0. The lowest BCUT2D eigenvalue weighted by atomic mass is 10.2. The molecule has 0 aliphatic carbocycles. The fourth-order valence-corrected chi connectivity index (χ4v) is 5.95. The van der Waals surface area contributed by atoms with E-state index in [-0.39, 0.29) is 30.1 Å². The molecule has 0 radical (unpaired) electrons. The van der Waals surface area contributed by atoms with Gasteiger partial charge in [0, 0.05) is 18.7 Å². The zero-order valence-electron chi connectivity index (χ0n) is 17.4. The summed E-state index contributed by atoms with van der Waals surface area (Å²) in [5.74, 6) is 1.98. The van der Waals surface area contributed by atoms with Crippen LogP contribution in [0.1, 0.15) is 10.4 Å². The van der Waals surface area contributed by atoms with Gasteiger partial charge in [-0.25, -0.2) is 8.42 Å². The molecular formula is C23H19Cl2N3O3S2. The Kier molecular flexibility index (Phi) is 7.95. The van der Waals surface area contributed by atoms with Crippen molar-refractivity contribution in [2.75, 3.05) is 13.1 Å². The Morgan fingerprint density at radius 3 is 2.36 bits per heavy atom. The lowest BCUT2D eigenvalue weighted by Gasteiger charge is -2.19. The molecule has 0 N–H and O–H groups in total. The van der Waals surface area contributed by atoms with Gasteiger partial charge >= 0.3 is 0 Å². The summed E-state index contributed by atoms with van der Waals surface area (Å²) in [5.41, 5.74) is 0.825. The number of hydrogen-bond donors (Lipinski definition) is 0. The summed E-state index contributed by atoms with van der Waals surface area (Å²) in [6.07, 6.45) is 8.48. The van der Waals surface area contributed by atoms with Crippen molar-refractivity contribution in [3.63, 3.8) is 0 Å². The van der Waals surface area contributed by atoms with Gasteiger partial charge in [-0.3, -0.25) is 4.79 Å². The highest BCUT2D eigenvalue weighted by molar-refractivity contribution is 7.89. The van der Waals surface area contributed by atoms with E-state index in [2.05, 4.69) is 24.1 Å². The van der Waals surface area contributed by atoms with E-state index in [1.54, 1.807) is 16.7 Å². The van der Waals surface area contributed by atoms with Crippen LogP contribution in [0.25, 0.3) is 10.2 Å². The number of nitrogens with zero attached hydrogens (tertiary/aromatic N) is 3. The van der Waals surface area contributed by atoms with Gasteiger partial charge in [0.1, 0.15) is 0 Å². The highest BCUT2D eigenvalue weighted by Gasteiger charge is 2.22. The summed E-state index contributed by atoms with van der Waals surface area (Å²) >= 11 is 13.7. The van der Waals surface area contributed by atoms with Gasteiger partial charge in [-0.15, -0.1) is 19.6 Å². The maximum absolute atomic E-state index is 12.8. The first-order valence-electron chi connectivity index (χ1n) is 9.56. The van der Waals surface area contributed by atoms with Crippen molar-refractivity contribution in [2.24, 2.45) is 4.99 Å². The molecule has 33 heavy (non-hydrogen) atoms. The van der Waals surface area contributed by atoms with Crippen molar-refractivity contribution in [2.45, 2.75) is 11.4 Å². The Morgan fingerprint density at radius 2 is 1.79 bits per heavy atom. The maximum Gasteiger partial charge on any atom is 0.279 e. The van der Waals surface area contributed by atoms with Crippen LogP contribution in [-0.2, 0) is 16.6 Å². The molecule has 170 valence electrons. The predicted molar refractivity (Wildman–Crippen MR) is 134 cm³/mol. The molecule has 0 aliphatic heterocycles. The Balaban J connectivity index is 2.01. The second-order valence-corrected chi connectivity index (χ2v) is 10.5. The quantitative estimate of drug-likeness (QED) is 0.318. The van der Waals surface area contributed by atoms with Crippen LogP contribution in [0, 0.1) is 12.3 Å². The Bertz CT molecular complexity index is 1440. The second-order valence-electron chi connectivity index (χ2n) is 6.72.